The van der Waals surface area contributed by atoms with Crippen molar-refractivity contribution in [2.75, 3.05) is 12.3 Å². The second kappa shape index (κ2) is 11.3. The van der Waals surface area contributed by atoms with Crippen LogP contribution in [0, 0.1) is 52.3 Å². The van der Waals surface area contributed by atoms with Crippen molar-refractivity contribution >= 4 is 16.0 Å². The number of amides is 1. The van der Waals surface area contributed by atoms with Gasteiger partial charge in [0.05, 0.1) is 24.1 Å². The molecule has 4 saturated carbocycles. The van der Waals surface area contributed by atoms with Gasteiger partial charge in [0.1, 0.15) is 0 Å². The molecule has 0 saturated heterocycles. The molecule has 4 aliphatic carbocycles. The maximum atomic E-state index is 12.3. The Morgan fingerprint density at radius 2 is 1.71 bits per heavy atom. The van der Waals surface area contributed by atoms with Crippen LogP contribution in [0.5, 0.6) is 0 Å². The largest absolute Gasteiger partial charge is 0.393 e. The Morgan fingerprint density at radius 3 is 2.39 bits per heavy atom. The average molecular weight is 558 g/mol. The molecule has 0 aromatic heterocycles. The van der Waals surface area contributed by atoms with Crippen molar-refractivity contribution in [3.63, 3.8) is 0 Å². The van der Waals surface area contributed by atoms with Crippen LogP contribution in [0.25, 0.3) is 0 Å². The first-order chi connectivity index (χ1) is 17.7. The molecule has 38 heavy (non-hydrogen) atoms. The molecule has 4 rings (SSSR count). The Balaban J connectivity index is 1.36. The zero-order chi connectivity index (χ0) is 28.0. The molecule has 0 bridgehead atoms. The molecule has 0 aromatic rings. The minimum absolute atomic E-state index is 0.0766. The lowest BCUT2D eigenvalue weighted by atomic mass is 9.43. The molecule has 0 aromatic carbocycles. The molecule has 4 aliphatic rings. The molecular formula is C29H51NO7S. The molecule has 0 aliphatic heterocycles. The lowest BCUT2D eigenvalue weighted by molar-refractivity contribution is -0.207. The number of nitrogens with one attached hydrogen (secondary N) is 1. The lowest BCUT2D eigenvalue weighted by Crippen LogP contribution is -2.62. The maximum absolute atomic E-state index is 12.3. The van der Waals surface area contributed by atoms with E-state index in [0.29, 0.717) is 36.0 Å². The summed E-state index contributed by atoms with van der Waals surface area (Å²) in [7, 11) is -4.09. The summed E-state index contributed by atoms with van der Waals surface area (Å²) < 4.78 is 30.5. The summed E-state index contributed by atoms with van der Waals surface area (Å²) in [5, 5.41) is 36.0. The zero-order valence-electron chi connectivity index (χ0n) is 23.7. The van der Waals surface area contributed by atoms with Crippen LogP contribution in [0.2, 0.25) is 0 Å². The number of carbonyl (C=O) groups excluding carboxylic acids is 1. The molecule has 5 N–H and O–H groups in total. The van der Waals surface area contributed by atoms with E-state index in [1.807, 2.05) is 6.92 Å². The van der Waals surface area contributed by atoms with Gasteiger partial charge in [0, 0.05) is 12.5 Å². The number of aliphatic hydroxyl groups is 3. The molecule has 4 fully saturated rings. The van der Waals surface area contributed by atoms with Crippen LogP contribution in [0.4, 0.5) is 0 Å². The fourth-order valence-electron chi connectivity index (χ4n) is 9.69. The van der Waals surface area contributed by atoms with Gasteiger partial charge in [0.2, 0.25) is 5.91 Å². The summed E-state index contributed by atoms with van der Waals surface area (Å²) in [6.45, 7) is 8.65. The Hall–Kier alpha value is -0.740. The van der Waals surface area contributed by atoms with Crippen molar-refractivity contribution in [1.82, 2.24) is 5.32 Å². The average Bonchev–Trinajstić information content (AvgIpc) is 3.18. The van der Waals surface area contributed by atoms with Crippen molar-refractivity contribution in [2.24, 2.45) is 52.3 Å². The van der Waals surface area contributed by atoms with Gasteiger partial charge in [0.15, 0.2) is 0 Å². The second-order valence-electron chi connectivity index (χ2n) is 13.9. The van der Waals surface area contributed by atoms with Crippen LogP contribution in [-0.4, -0.2) is 64.8 Å². The molecule has 0 heterocycles. The van der Waals surface area contributed by atoms with Crippen LogP contribution in [0.15, 0.2) is 0 Å². The molecular weight excluding hydrogens is 506 g/mol. The first-order valence-electron chi connectivity index (χ1n) is 15.0. The van der Waals surface area contributed by atoms with Crippen LogP contribution >= 0.6 is 0 Å². The van der Waals surface area contributed by atoms with Crippen molar-refractivity contribution in [2.45, 2.75) is 110 Å². The van der Waals surface area contributed by atoms with Gasteiger partial charge in [-0.1, -0.05) is 40.5 Å². The highest BCUT2D eigenvalue weighted by molar-refractivity contribution is 7.85. The topological polar surface area (TPSA) is 144 Å². The standard InChI is InChI=1S/C29H51NO7S/c1-17(6-5-7-18(2)27(34)30-12-13-38(35,36)37)21-8-9-22-26-23(16-25(33)29(21,22)4)28(3)11-10-20(31)14-19(28)15-24(26)32/h17-26,31-33H,5-16H2,1-4H3,(H,30,34)(H,35,36,37)/t17?,18?,19?,20?,21-,22?,23?,24?,25?,26?,28+,29-/m1/s1. The fraction of sp³-hybridized carbons (Fsp3) is 0.966. The molecule has 0 spiro atoms. The minimum Gasteiger partial charge on any atom is -0.393 e. The Kier molecular flexibility index (Phi) is 8.96. The van der Waals surface area contributed by atoms with E-state index in [0.717, 1.165) is 57.8 Å². The summed E-state index contributed by atoms with van der Waals surface area (Å²) in [5.41, 5.74) is -0.148. The number of rotatable bonds is 9. The third-order valence-corrected chi connectivity index (χ3v) is 12.6. The Morgan fingerprint density at radius 1 is 1.00 bits per heavy atom. The van der Waals surface area contributed by atoms with Crippen LogP contribution in [0.1, 0.15) is 91.9 Å². The highest BCUT2D eigenvalue weighted by Gasteiger charge is 2.65. The van der Waals surface area contributed by atoms with Gasteiger partial charge in [-0.25, -0.2) is 0 Å². The van der Waals surface area contributed by atoms with E-state index >= 15 is 0 Å². The third kappa shape index (κ3) is 5.69. The SMILES string of the molecule is CC(CCCC(C)[C@H]1CCC2C3C(O)CC4CC(O)CC[C@]4(C)C3CC(O)[C@@]21C)C(=O)NCCS(=O)(=O)O. The lowest BCUT2D eigenvalue weighted by Gasteiger charge is -2.63. The second-order valence-corrected chi connectivity index (χ2v) is 15.5. The number of aliphatic hydroxyl groups excluding tert-OH is 3. The van der Waals surface area contributed by atoms with E-state index < -0.39 is 22.0 Å². The molecule has 8 nitrogen and oxygen atoms in total. The smallest absolute Gasteiger partial charge is 0.266 e. The van der Waals surface area contributed by atoms with Crippen LogP contribution in [0.3, 0.4) is 0 Å². The van der Waals surface area contributed by atoms with Gasteiger partial charge in [-0.05, 0) is 97.7 Å². The fourth-order valence-corrected chi connectivity index (χ4v) is 10.0. The van der Waals surface area contributed by atoms with Gasteiger partial charge >= 0.3 is 0 Å². The maximum Gasteiger partial charge on any atom is 0.266 e. The summed E-state index contributed by atoms with van der Waals surface area (Å²) in [4.78, 5) is 12.3. The summed E-state index contributed by atoms with van der Waals surface area (Å²) >= 11 is 0. The molecule has 12 atom stereocenters. The molecule has 220 valence electrons. The summed E-state index contributed by atoms with van der Waals surface area (Å²) in [6.07, 6.45) is 7.66. The van der Waals surface area contributed by atoms with E-state index in [2.05, 4.69) is 26.1 Å². The van der Waals surface area contributed by atoms with Gasteiger partial charge < -0.3 is 20.6 Å². The first-order valence-corrected chi connectivity index (χ1v) is 16.6. The highest BCUT2D eigenvalue weighted by Crippen LogP contribution is 2.68. The third-order valence-electron chi connectivity index (χ3n) is 11.9. The normalized spacial score (nSPS) is 44.4. The number of hydrogen-bond donors (Lipinski definition) is 5. The first kappa shape index (κ1) is 30.2. The van der Waals surface area contributed by atoms with Gasteiger partial charge in [-0.3, -0.25) is 9.35 Å². The van der Waals surface area contributed by atoms with Crippen molar-refractivity contribution in [3.8, 4) is 0 Å². The van der Waals surface area contributed by atoms with Crippen molar-refractivity contribution < 1.29 is 33.1 Å². The molecule has 9 unspecified atom stereocenters. The van der Waals surface area contributed by atoms with Gasteiger partial charge in [0.25, 0.3) is 10.1 Å². The van der Waals surface area contributed by atoms with Gasteiger partial charge in [-0.15, -0.1) is 0 Å². The van der Waals surface area contributed by atoms with Crippen LogP contribution < -0.4 is 5.32 Å². The number of carbonyl (C=O) groups is 1. The van der Waals surface area contributed by atoms with Crippen molar-refractivity contribution in [1.29, 1.82) is 0 Å². The summed E-state index contributed by atoms with van der Waals surface area (Å²) in [5.74, 6) is 0.971. The van der Waals surface area contributed by atoms with E-state index in [4.69, 9.17) is 4.55 Å². The Labute approximate surface area is 229 Å². The predicted octanol–water partition coefficient (Wildman–Crippen LogP) is 3.39. The Bertz CT molecular complexity index is 959. The van der Waals surface area contributed by atoms with Crippen molar-refractivity contribution in [3.05, 3.63) is 0 Å². The molecule has 1 amide bonds. The summed E-state index contributed by atoms with van der Waals surface area (Å²) in [6, 6.07) is 0. The molecule has 0 radical (unpaired) electrons. The van der Waals surface area contributed by atoms with E-state index in [1.165, 1.54) is 0 Å². The monoisotopic (exact) mass is 557 g/mol. The highest BCUT2D eigenvalue weighted by atomic mass is 32.2. The quantitative estimate of drug-likeness (QED) is 0.273. The zero-order valence-corrected chi connectivity index (χ0v) is 24.5. The van der Waals surface area contributed by atoms with E-state index in [9.17, 15) is 28.5 Å². The van der Waals surface area contributed by atoms with Crippen LogP contribution in [-0.2, 0) is 14.9 Å². The minimum atomic E-state index is -4.09. The van der Waals surface area contributed by atoms with Gasteiger partial charge in [-0.2, -0.15) is 8.42 Å². The molecule has 9 heteroatoms. The number of fused-ring (bicyclic) bond motifs is 5. The predicted molar refractivity (Wildman–Crippen MR) is 146 cm³/mol. The van der Waals surface area contributed by atoms with E-state index in [-0.39, 0.29) is 47.3 Å². The van der Waals surface area contributed by atoms with E-state index in [1.54, 1.807) is 0 Å². The number of hydrogen-bond acceptors (Lipinski definition) is 6.